The first-order chi connectivity index (χ1) is 11.4. The normalized spacial score (nSPS) is 24.2. The summed E-state index contributed by atoms with van der Waals surface area (Å²) in [6.45, 7) is 3.53. The van der Waals surface area contributed by atoms with Gasteiger partial charge in [0.15, 0.2) is 0 Å². The summed E-state index contributed by atoms with van der Waals surface area (Å²) < 4.78 is 41.4. The quantitative estimate of drug-likeness (QED) is 0.745. The first-order valence-electron chi connectivity index (χ1n) is 8.27. The zero-order chi connectivity index (χ0) is 16.9. The minimum Gasteiger partial charge on any atom is -0.350 e. The summed E-state index contributed by atoms with van der Waals surface area (Å²) in [4.78, 5) is 3.43. The summed E-state index contributed by atoms with van der Waals surface area (Å²) in [5.74, 6) is 0. The molecule has 4 rings (SSSR count). The average Bonchev–Trinajstić information content (AvgIpc) is 2.92. The lowest BCUT2D eigenvalue weighted by molar-refractivity contribution is -1.92. The van der Waals surface area contributed by atoms with Crippen molar-refractivity contribution in [2.24, 2.45) is 0 Å². The highest BCUT2D eigenvalue weighted by Gasteiger charge is 2.58. The Morgan fingerprint density at radius 1 is 1.25 bits per heavy atom. The van der Waals surface area contributed by atoms with E-state index in [0.717, 1.165) is 48.2 Å². The topological polar surface area (TPSA) is 97.2 Å². The smallest absolute Gasteiger partial charge is 0.307 e. The van der Waals surface area contributed by atoms with Gasteiger partial charge in [0.2, 0.25) is 5.71 Å². The molecule has 0 amide bonds. The van der Waals surface area contributed by atoms with Crippen molar-refractivity contribution in [1.82, 2.24) is 4.98 Å². The molecule has 0 radical (unpaired) electrons. The number of benzene rings is 1. The second kappa shape index (κ2) is 5.54. The van der Waals surface area contributed by atoms with Crippen LogP contribution in [-0.2, 0) is 10.7 Å². The van der Waals surface area contributed by atoms with Crippen molar-refractivity contribution in [3.05, 3.63) is 35.5 Å². The van der Waals surface area contributed by atoms with E-state index in [-0.39, 0.29) is 0 Å². The summed E-state index contributed by atoms with van der Waals surface area (Å²) in [5.41, 5.74) is 2.86. The van der Waals surface area contributed by atoms with Crippen molar-refractivity contribution in [1.29, 1.82) is 0 Å². The maximum Gasteiger partial charge on any atom is 0.307 e. The van der Waals surface area contributed by atoms with E-state index in [2.05, 4.69) is 15.6 Å². The SMILES string of the molecule is CCC1(O[Cl+3]([O-])([O-])[O-])CCC[N+]2=C1c1[nH]c3ccccc3c1CC2. The molecule has 2 aliphatic heterocycles. The molecule has 0 saturated heterocycles. The number of aromatic nitrogens is 1. The van der Waals surface area contributed by atoms with Gasteiger partial charge in [0, 0.05) is 36.6 Å². The van der Waals surface area contributed by atoms with Crippen molar-refractivity contribution in [3.8, 4) is 0 Å². The number of fused-ring (bicyclic) bond motifs is 4. The van der Waals surface area contributed by atoms with E-state index in [9.17, 15) is 14.0 Å². The van der Waals surface area contributed by atoms with Crippen LogP contribution >= 0.6 is 0 Å². The van der Waals surface area contributed by atoms with Gasteiger partial charge >= 0.3 is 5.60 Å². The van der Waals surface area contributed by atoms with Crippen molar-refractivity contribution in [2.45, 2.75) is 38.2 Å². The van der Waals surface area contributed by atoms with Gasteiger partial charge in [0.1, 0.15) is 18.8 Å². The minimum absolute atomic E-state index is 0.433. The Labute approximate surface area is 142 Å². The number of aromatic amines is 1. The number of halogens is 1. The largest absolute Gasteiger partial charge is 0.350 e. The second-order valence-corrected chi connectivity index (χ2v) is 7.43. The molecule has 1 unspecified atom stereocenters. The summed E-state index contributed by atoms with van der Waals surface area (Å²) in [6.07, 6.45) is 2.66. The fraction of sp³-hybridized carbons (Fsp3) is 0.471. The fourth-order valence-electron chi connectivity index (χ4n) is 4.25. The van der Waals surface area contributed by atoms with Gasteiger partial charge in [0.25, 0.3) is 0 Å². The van der Waals surface area contributed by atoms with E-state index in [0.29, 0.717) is 12.8 Å². The molecular weight excluding hydrogens is 332 g/mol. The van der Waals surface area contributed by atoms with Gasteiger partial charge in [-0.15, -0.1) is 0 Å². The molecule has 1 aromatic carbocycles. The van der Waals surface area contributed by atoms with Crippen molar-refractivity contribution in [3.63, 3.8) is 0 Å². The van der Waals surface area contributed by atoms with Crippen LogP contribution in [0.5, 0.6) is 0 Å². The van der Waals surface area contributed by atoms with Crippen molar-refractivity contribution < 1.29 is 33.1 Å². The third kappa shape index (κ3) is 2.46. The van der Waals surface area contributed by atoms with Crippen LogP contribution in [0, 0.1) is 10.2 Å². The predicted octanol–water partition coefficient (Wildman–Crippen LogP) is -0.618. The van der Waals surface area contributed by atoms with E-state index in [1.807, 2.05) is 25.1 Å². The summed E-state index contributed by atoms with van der Waals surface area (Å²) in [5, 5.41) is 1.15. The van der Waals surface area contributed by atoms with E-state index in [1.165, 1.54) is 5.56 Å². The molecule has 2 aromatic rings. The van der Waals surface area contributed by atoms with Gasteiger partial charge in [-0.25, -0.2) is 4.58 Å². The number of para-hydroxylation sites is 1. The molecule has 7 heteroatoms. The molecule has 1 N–H and O–H groups in total. The molecule has 2 aliphatic rings. The Bertz CT molecular complexity index is 824. The molecule has 0 fully saturated rings. The van der Waals surface area contributed by atoms with Crippen LogP contribution in [0.25, 0.3) is 10.9 Å². The highest BCUT2D eigenvalue weighted by atomic mass is 35.7. The maximum atomic E-state index is 11.4. The molecule has 0 spiro atoms. The van der Waals surface area contributed by atoms with E-state index in [4.69, 9.17) is 4.29 Å². The number of nitrogens with one attached hydrogen (secondary N) is 1. The van der Waals surface area contributed by atoms with Crippen LogP contribution in [0.4, 0.5) is 0 Å². The van der Waals surface area contributed by atoms with Crippen molar-refractivity contribution in [2.75, 3.05) is 13.1 Å². The first-order valence-corrected chi connectivity index (χ1v) is 9.51. The van der Waals surface area contributed by atoms with Crippen LogP contribution in [-0.4, -0.2) is 34.0 Å². The zero-order valence-electron chi connectivity index (χ0n) is 13.5. The minimum atomic E-state index is -4.49. The molecule has 0 aliphatic carbocycles. The summed E-state index contributed by atoms with van der Waals surface area (Å²) in [7, 11) is -4.49. The second-order valence-electron chi connectivity index (χ2n) is 6.52. The molecule has 0 bridgehead atoms. The highest BCUT2D eigenvalue weighted by Crippen LogP contribution is 2.37. The molecular formula is C17H20ClN2O4+. The number of H-pyrrole nitrogens is 1. The Balaban J connectivity index is 1.93. The third-order valence-corrected chi connectivity index (χ3v) is 5.74. The lowest BCUT2D eigenvalue weighted by Crippen LogP contribution is -2.67. The van der Waals surface area contributed by atoms with Crippen LogP contribution in [0.15, 0.2) is 24.3 Å². The highest BCUT2D eigenvalue weighted by molar-refractivity contribution is 6.08. The van der Waals surface area contributed by atoms with Crippen molar-refractivity contribution >= 4 is 16.6 Å². The van der Waals surface area contributed by atoms with Crippen LogP contribution in [0.3, 0.4) is 0 Å². The molecule has 3 heterocycles. The molecule has 1 atom stereocenters. The van der Waals surface area contributed by atoms with Gasteiger partial charge in [0.05, 0.1) is 14.5 Å². The fourth-order valence-corrected chi connectivity index (χ4v) is 4.87. The average molecular weight is 352 g/mol. The first kappa shape index (κ1) is 16.1. The molecule has 1 aromatic heterocycles. The number of hydrogen-bond donors (Lipinski definition) is 1. The van der Waals surface area contributed by atoms with Crippen LogP contribution in [0.2, 0.25) is 0 Å². The van der Waals surface area contributed by atoms with Crippen LogP contribution in [0.1, 0.15) is 37.4 Å². The predicted molar refractivity (Wildman–Crippen MR) is 79.4 cm³/mol. The van der Waals surface area contributed by atoms with Gasteiger partial charge < -0.3 is 4.98 Å². The van der Waals surface area contributed by atoms with Gasteiger partial charge in [-0.3, -0.25) is 0 Å². The molecule has 0 saturated carbocycles. The monoisotopic (exact) mass is 351 g/mol. The summed E-state index contributed by atoms with van der Waals surface area (Å²) >= 11 is 0. The van der Waals surface area contributed by atoms with Gasteiger partial charge in [-0.2, -0.15) is 14.0 Å². The Morgan fingerprint density at radius 3 is 2.79 bits per heavy atom. The zero-order valence-corrected chi connectivity index (χ0v) is 14.3. The third-order valence-electron chi connectivity index (χ3n) is 5.25. The molecule has 24 heavy (non-hydrogen) atoms. The number of hydrogen-bond acceptors (Lipinski definition) is 4. The Kier molecular flexibility index (Phi) is 3.71. The van der Waals surface area contributed by atoms with E-state index >= 15 is 0 Å². The Hall–Kier alpha value is -1.44. The van der Waals surface area contributed by atoms with E-state index < -0.39 is 15.8 Å². The summed E-state index contributed by atoms with van der Waals surface area (Å²) in [6, 6.07) is 8.05. The standard InChI is InChI=1S/C17H19ClN2O4/c1-2-17(24-18(21,22)23)9-5-10-20-11-8-13-12-6-3-4-7-14(12)19-15(13)16(17)20/h3-4,6-7H,2,5,8-11H2,1H3/p+1. The van der Waals surface area contributed by atoms with Gasteiger partial charge in [-0.1, -0.05) is 25.1 Å². The number of rotatable bonds is 3. The van der Waals surface area contributed by atoms with Crippen LogP contribution < -0.4 is 14.0 Å². The Morgan fingerprint density at radius 2 is 2.04 bits per heavy atom. The maximum absolute atomic E-state index is 11.4. The molecule has 128 valence electrons. The lowest BCUT2D eigenvalue weighted by Gasteiger charge is -2.33. The number of nitrogens with zero attached hydrogens (tertiary/aromatic N) is 1. The van der Waals surface area contributed by atoms with E-state index in [1.54, 1.807) is 0 Å². The molecule has 6 nitrogen and oxygen atoms in total. The van der Waals surface area contributed by atoms with Gasteiger partial charge in [-0.05, 0) is 11.6 Å². The lowest BCUT2D eigenvalue weighted by atomic mass is 9.81.